The molecule has 3 aromatic carbocycles. The van der Waals surface area contributed by atoms with Crippen molar-refractivity contribution >= 4 is 33.3 Å². The Labute approximate surface area is 172 Å². The van der Waals surface area contributed by atoms with Crippen LogP contribution in [-0.4, -0.2) is 7.11 Å². The minimum atomic E-state index is -0.326. The Balaban J connectivity index is 1.92. The molecule has 3 nitrogen and oxygen atoms in total. The molecule has 6 rings (SSSR count). The molecule has 3 heteroatoms. The molecule has 0 unspecified atom stereocenters. The third-order valence-electron chi connectivity index (χ3n) is 6.15. The van der Waals surface area contributed by atoms with Gasteiger partial charge in [0.05, 0.1) is 12.3 Å². The summed E-state index contributed by atoms with van der Waals surface area (Å²) in [5, 5.41) is 4.83. The molecule has 2 aliphatic rings. The first-order valence-corrected chi connectivity index (χ1v) is 9.96. The zero-order valence-electron chi connectivity index (χ0n) is 16.7. The lowest BCUT2D eigenvalue weighted by atomic mass is 9.95. The van der Waals surface area contributed by atoms with E-state index in [9.17, 15) is 4.79 Å². The zero-order chi connectivity index (χ0) is 20.4. The normalized spacial score (nSPS) is 14.2. The first-order valence-electron chi connectivity index (χ1n) is 9.96. The van der Waals surface area contributed by atoms with Crippen molar-refractivity contribution in [3.63, 3.8) is 0 Å². The molecule has 0 radical (unpaired) electrons. The zero-order valence-corrected chi connectivity index (χ0v) is 16.7. The first-order chi connectivity index (χ1) is 14.7. The molecule has 1 aromatic heterocycles. The second-order valence-corrected chi connectivity index (χ2v) is 7.64. The van der Waals surface area contributed by atoms with Gasteiger partial charge in [-0.25, -0.2) is 4.79 Å². The fraction of sp³-hybridized carbons (Fsp3) is 0.0741. The number of ether oxygens (including phenoxy) is 1. The van der Waals surface area contributed by atoms with E-state index in [1.807, 2.05) is 42.5 Å². The van der Waals surface area contributed by atoms with Gasteiger partial charge in [0.15, 0.2) is 11.3 Å². The van der Waals surface area contributed by atoms with E-state index in [0.29, 0.717) is 16.6 Å². The van der Waals surface area contributed by atoms with Crippen LogP contribution in [0.25, 0.3) is 33.3 Å². The van der Waals surface area contributed by atoms with Gasteiger partial charge in [0.25, 0.3) is 0 Å². The van der Waals surface area contributed by atoms with Gasteiger partial charge in [0.2, 0.25) is 0 Å². The van der Waals surface area contributed by atoms with Crippen LogP contribution in [0.15, 0.2) is 82.0 Å². The van der Waals surface area contributed by atoms with Gasteiger partial charge in [0, 0.05) is 16.2 Å². The molecule has 30 heavy (non-hydrogen) atoms. The molecule has 0 atom stereocenters. The minimum Gasteiger partial charge on any atom is -0.493 e. The summed E-state index contributed by atoms with van der Waals surface area (Å²) >= 11 is 0. The van der Waals surface area contributed by atoms with Gasteiger partial charge in [-0.05, 0) is 45.7 Å². The number of fused-ring (bicyclic) bond motifs is 5. The third kappa shape index (κ3) is 2.07. The van der Waals surface area contributed by atoms with E-state index >= 15 is 0 Å². The number of hydrogen-bond acceptors (Lipinski definition) is 3. The fourth-order valence-electron chi connectivity index (χ4n) is 4.96. The van der Waals surface area contributed by atoms with Crippen LogP contribution in [0, 0.1) is 0 Å². The molecule has 144 valence electrons. The summed E-state index contributed by atoms with van der Waals surface area (Å²) in [5.74, 6) is 0.569. The summed E-state index contributed by atoms with van der Waals surface area (Å²) in [6, 6.07) is 24.4. The standard InChI is InChI=1S/C27H18O3/c1-15-21-17-11-6-7-12-18(17)23(16-9-4-3-5-10-16)24(21)25-22(15)19-13-8-14-20(29-2)26(19)30-27(25)28/h3-14H,1-2H3. The topological polar surface area (TPSA) is 39.4 Å². The second-order valence-electron chi connectivity index (χ2n) is 7.64. The van der Waals surface area contributed by atoms with Crippen LogP contribution in [0.2, 0.25) is 0 Å². The molecule has 1 heterocycles. The second kappa shape index (κ2) is 6.07. The number of hydrogen-bond donors (Lipinski definition) is 0. The van der Waals surface area contributed by atoms with E-state index in [-0.39, 0.29) is 5.63 Å². The minimum absolute atomic E-state index is 0.326. The molecule has 0 aliphatic heterocycles. The Kier molecular flexibility index (Phi) is 3.45. The van der Waals surface area contributed by atoms with Gasteiger partial charge in [0.1, 0.15) is 0 Å². The molecule has 0 spiro atoms. The SMILES string of the molecule is COc1cccc2c3c(c(=O)oc12)=C1C(=c2ccccc2=C1c1ccccc1)C=3C. The van der Waals surface area contributed by atoms with Crippen molar-refractivity contribution in [2.45, 2.75) is 6.92 Å². The largest absolute Gasteiger partial charge is 0.493 e. The maximum atomic E-state index is 13.3. The molecule has 0 saturated heterocycles. The van der Waals surface area contributed by atoms with E-state index in [4.69, 9.17) is 9.15 Å². The van der Waals surface area contributed by atoms with Crippen molar-refractivity contribution in [1.29, 1.82) is 0 Å². The van der Waals surface area contributed by atoms with Crippen LogP contribution in [-0.2, 0) is 0 Å². The lowest BCUT2D eigenvalue weighted by Crippen LogP contribution is -2.39. The Bertz CT molecular complexity index is 1690. The molecule has 0 fully saturated rings. The maximum absolute atomic E-state index is 13.3. The quantitative estimate of drug-likeness (QED) is 0.493. The summed E-state index contributed by atoms with van der Waals surface area (Å²) in [5.41, 5.74) is 5.57. The van der Waals surface area contributed by atoms with Gasteiger partial charge < -0.3 is 9.15 Å². The lowest BCUT2D eigenvalue weighted by molar-refractivity contribution is 0.406. The van der Waals surface area contributed by atoms with Crippen LogP contribution in [0.5, 0.6) is 5.75 Å². The molecule has 0 amide bonds. The summed E-state index contributed by atoms with van der Waals surface area (Å²) in [7, 11) is 1.59. The molecular weight excluding hydrogens is 372 g/mol. The molecule has 4 aromatic rings. The average Bonchev–Trinajstić information content (AvgIpc) is 3.27. The van der Waals surface area contributed by atoms with Crippen molar-refractivity contribution in [3.05, 3.63) is 110 Å². The third-order valence-corrected chi connectivity index (χ3v) is 6.15. The van der Waals surface area contributed by atoms with Crippen molar-refractivity contribution in [1.82, 2.24) is 0 Å². The van der Waals surface area contributed by atoms with E-state index in [1.54, 1.807) is 7.11 Å². The molecule has 2 aliphatic carbocycles. The van der Waals surface area contributed by atoms with Crippen LogP contribution in [0.3, 0.4) is 0 Å². The maximum Gasteiger partial charge on any atom is 0.344 e. The Hall–Kier alpha value is -3.85. The Morgan fingerprint density at radius 2 is 1.43 bits per heavy atom. The van der Waals surface area contributed by atoms with Crippen molar-refractivity contribution < 1.29 is 9.15 Å². The van der Waals surface area contributed by atoms with Gasteiger partial charge in [-0.1, -0.05) is 66.7 Å². The van der Waals surface area contributed by atoms with Crippen molar-refractivity contribution in [2.24, 2.45) is 0 Å². The van der Waals surface area contributed by atoms with Crippen LogP contribution in [0.1, 0.15) is 12.5 Å². The number of methoxy groups -OCH3 is 1. The number of para-hydroxylation sites is 1. The highest BCUT2D eigenvalue weighted by Crippen LogP contribution is 2.36. The highest BCUT2D eigenvalue weighted by molar-refractivity contribution is 6.29. The predicted octanol–water partition coefficient (Wildman–Crippen LogP) is 2.20. The average molecular weight is 390 g/mol. The summed E-state index contributed by atoms with van der Waals surface area (Å²) in [4.78, 5) is 13.3. The smallest absolute Gasteiger partial charge is 0.344 e. The highest BCUT2D eigenvalue weighted by atomic mass is 16.5. The van der Waals surface area contributed by atoms with E-state index in [1.165, 1.54) is 0 Å². The van der Waals surface area contributed by atoms with Gasteiger partial charge in [-0.15, -0.1) is 0 Å². The van der Waals surface area contributed by atoms with Gasteiger partial charge in [-0.3, -0.25) is 0 Å². The molecular formula is C27H18O3. The summed E-state index contributed by atoms with van der Waals surface area (Å²) in [6.45, 7) is 2.10. The Morgan fingerprint density at radius 3 is 2.17 bits per heavy atom. The first kappa shape index (κ1) is 17.0. The summed E-state index contributed by atoms with van der Waals surface area (Å²) < 4.78 is 11.3. The Morgan fingerprint density at radius 1 is 0.733 bits per heavy atom. The lowest BCUT2D eigenvalue weighted by Gasteiger charge is -2.08. The number of rotatable bonds is 2. The molecule has 0 N–H and O–H groups in total. The van der Waals surface area contributed by atoms with E-state index in [0.717, 1.165) is 48.9 Å². The van der Waals surface area contributed by atoms with Crippen LogP contribution >= 0.6 is 0 Å². The van der Waals surface area contributed by atoms with Crippen molar-refractivity contribution in [3.8, 4) is 5.75 Å². The van der Waals surface area contributed by atoms with Gasteiger partial charge >= 0.3 is 5.63 Å². The van der Waals surface area contributed by atoms with E-state index < -0.39 is 0 Å². The summed E-state index contributed by atoms with van der Waals surface area (Å²) in [6.07, 6.45) is 0. The monoisotopic (exact) mass is 390 g/mol. The fourth-order valence-corrected chi connectivity index (χ4v) is 4.96. The molecule has 0 bridgehead atoms. The highest BCUT2D eigenvalue weighted by Gasteiger charge is 2.30. The van der Waals surface area contributed by atoms with Gasteiger partial charge in [-0.2, -0.15) is 0 Å². The molecule has 0 saturated carbocycles. The predicted molar refractivity (Wildman–Crippen MR) is 119 cm³/mol. The van der Waals surface area contributed by atoms with E-state index in [2.05, 4.69) is 37.3 Å². The number of benzene rings is 3. The van der Waals surface area contributed by atoms with Crippen LogP contribution < -0.4 is 31.2 Å². The van der Waals surface area contributed by atoms with Crippen molar-refractivity contribution in [2.75, 3.05) is 7.11 Å². The van der Waals surface area contributed by atoms with Crippen LogP contribution in [0.4, 0.5) is 0 Å².